The summed E-state index contributed by atoms with van der Waals surface area (Å²) in [4.78, 5) is 69.7. The van der Waals surface area contributed by atoms with Crippen LogP contribution < -0.4 is 10.6 Å². The van der Waals surface area contributed by atoms with Crippen LogP contribution in [0.3, 0.4) is 0 Å². The summed E-state index contributed by atoms with van der Waals surface area (Å²) in [6.07, 6.45) is 5.28. The Bertz CT molecular complexity index is 2660. The molecule has 2 aromatic heterocycles. The van der Waals surface area contributed by atoms with E-state index < -0.39 is 71.8 Å². The number of nitrogens with one attached hydrogen (secondary N) is 2. The van der Waals surface area contributed by atoms with E-state index in [1.54, 1.807) is 52.9 Å². The van der Waals surface area contributed by atoms with Gasteiger partial charge in [0.15, 0.2) is 21.7 Å². The van der Waals surface area contributed by atoms with Gasteiger partial charge in [-0.2, -0.15) is 0 Å². The van der Waals surface area contributed by atoms with Crippen LogP contribution in [-0.2, 0) is 28.7 Å². The smallest absolute Gasteiger partial charge is 0.338 e. The van der Waals surface area contributed by atoms with Gasteiger partial charge in [0, 0.05) is 113 Å². The summed E-state index contributed by atoms with van der Waals surface area (Å²) in [6, 6.07) is 6.23. The Morgan fingerprint density at radius 1 is 0.736 bits per heavy atom. The van der Waals surface area contributed by atoms with Gasteiger partial charge < -0.3 is 30.3 Å². The third-order valence-electron chi connectivity index (χ3n) is 11.5. The lowest BCUT2D eigenvalue weighted by molar-refractivity contribution is -0.139. The van der Waals surface area contributed by atoms with Crippen LogP contribution >= 0.6 is 50.2 Å². The molecule has 380 valence electrons. The van der Waals surface area contributed by atoms with E-state index in [-0.39, 0.29) is 68.7 Å². The van der Waals surface area contributed by atoms with Crippen LogP contribution in [0.25, 0.3) is 0 Å². The monoisotopic (exact) mass is 1120 g/mol. The topological polar surface area (TPSA) is 208 Å². The highest BCUT2D eigenvalue weighted by molar-refractivity contribution is 9.10. The first kappa shape index (κ1) is 53.7. The maximum atomic E-state index is 14.7. The Hall–Kier alpha value is -6.11. The zero-order valence-corrected chi connectivity index (χ0v) is 42.3. The first-order chi connectivity index (χ1) is 34.5. The molecule has 6 unspecified atom stereocenters. The molecule has 72 heavy (non-hydrogen) atoms. The fraction of sp³-hybridized carbons (Fsp3) is 0.333. The van der Waals surface area contributed by atoms with Gasteiger partial charge in [-0.25, -0.2) is 46.7 Å². The van der Waals surface area contributed by atoms with Crippen LogP contribution in [0, 0.1) is 23.5 Å². The second kappa shape index (κ2) is 24.5. The summed E-state index contributed by atoms with van der Waals surface area (Å²) in [6.45, 7) is 4.51. The van der Waals surface area contributed by atoms with Crippen molar-refractivity contribution in [3.05, 3.63) is 149 Å². The molecule has 0 saturated carbocycles. The molecular weight excluding hydrogens is 1070 g/mol. The third-order valence-corrected chi connectivity index (χ3v) is 14.1. The van der Waals surface area contributed by atoms with E-state index in [2.05, 4.69) is 36.5 Å². The standard InChI is InChI=1S/C24H23BrF2N4O4S.C24H23ClF2N4O4S/c2*1-2-35-24(34)20-18(12-31-10-13(17(27)11-31)3-6-19(32)33)29-22(23-28-7-8-36-23)30-21(20)15-5-4-14(26)9-16(15)25/h2*3-9,13,17,21H,2,10-12H2,1H3,(H,29,30)(H,32,33)/b2*6-3+. The number of hydrogen-bond acceptors (Lipinski definition) is 16. The number of carboxylic acid groups (broad SMARTS) is 2. The van der Waals surface area contributed by atoms with E-state index in [9.17, 15) is 36.7 Å². The van der Waals surface area contributed by atoms with Crippen LogP contribution in [0.2, 0.25) is 5.02 Å². The summed E-state index contributed by atoms with van der Waals surface area (Å²) in [7, 11) is 0. The van der Waals surface area contributed by atoms with Gasteiger partial charge >= 0.3 is 23.9 Å². The van der Waals surface area contributed by atoms with Crippen molar-refractivity contribution in [1.82, 2.24) is 30.4 Å². The summed E-state index contributed by atoms with van der Waals surface area (Å²) in [5.41, 5.74) is 2.25. The number of aromatic nitrogens is 2. The third kappa shape index (κ3) is 13.3. The molecule has 24 heteroatoms. The molecule has 6 heterocycles. The molecule has 2 aromatic carbocycles. The molecule has 0 aliphatic carbocycles. The average Bonchev–Trinajstić information content (AvgIpc) is 4.17. The average molecular weight is 1120 g/mol. The van der Waals surface area contributed by atoms with Crippen LogP contribution in [0.4, 0.5) is 17.6 Å². The largest absolute Gasteiger partial charge is 0.478 e. The van der Waals surface area contributed by atoms with Gasteiger partial charge in [0.05, 0.1) is 24.4 Å². The number of carbonyl (C=O) groups excluding carboxylic acids is 2. The normalized spacial score (nSPS) is 22.6. The Morgan fingerprint density at radius 2 is 1.18 bits per heavy atom. The summed E-state index contributed by atoms with van der Waals surface area (Å²) in [5.74, 6) is -4.89. The first-order valence-corrected chi connectivity index (χ1v) is 25.2. The minimum atomic E-state index is -1.27. The van der Waals surface area contributed by atoms with Gasteiger partial charge in [0.2, 0.25) is 0 Å². The highest BCUT2D eigenvalue weighted by Crippen LogP contribution is 2.39. The lowest BCUT2D eigenvalue weighted by Gasteiger charge is -2.29. The number of rotatable bonds is 16. The molecule has 0 bridgehead atoms. The SMILES string of the molecule is CCOC(=O)C1=C(CN2CC(F)C(/C=C/C(=O)O)C2)NC(c2nccs2)=NC1c1ccc(F)cc1Br.CCOC(=O)C1=C(CN2CC(F)C(/C=C/C(=O)O)C2)NC(c2nccs2)=NC1c1ccc(F)cc1Cl. The highest BCUT2D eigenvalue weighted by atomic mass is 79.9. The molecule has 0 spiro atoms. The Morgan fingerprint density at radius 3 is 1.58 bits per heavy atom. The number of likely N-dealkylation sites (tertiary alicyclic amines) is 2. The molecule has 2 fully saturated rings. The molecule has 4 aliphatic rings. The lowest BCUT2D eigenvalue weighted by atomic mass is 9.95. The van der Waals surface area contributed by atoms with Crippen molar-refractivity contribution in [2.24, 2.45) is 21.8 Å². The van der Waals surface area contributed by atoms with Crippen molar-refractivity contribution >= 4 is 85.8 Å². The number of aliphatic carboxylic acids is 2. The lowest BCUT2D eigenvalue weighted by Crippen LogP contribution is -2.39. The molecule has 4 aromatic rings. The van der Waals surface area contributed by atoms with E-state index in [4.69, 9.17) is 41.3 Å². The van der Waals surface area contributed by atoms with E-state index in [0.717, 1.165) is 18.2 Å². The number of benzene rings is 2. The number of esters is 2. The zero-order valence-electron chi connectivity index (χ0n) is 38.3. The predicted octanol–water partition coefficient (Wildman–Crippen LogP) is 7.62. The quantitative estimate of drug-likeness (QED) is 0.0484. The molecule has 0 radical (unpaired) electrons. The second-order valence-corrected chi connectivity index (χ2v) is 19.4. The van der Waals surface area contributed by atoms with E-state index in [1.165, 1.54) is 59.1 Å². The van der Waals surface area contributed by atoms with Crippen molar-refractivity contribution in [3.63, 3.8) is 0 Å². The molecule has 16 nitrogen and oxygen atoms in total. The number of aliphatic imine (C=N–C) groups is 2. The molecule has 0 amide bonds. The zero-order chi connectivity index (χ0) is 51.6. The molecule has 2 saturated heterocycles. The number of amidine groups is 2. The van der Waals surface area contributed by atoms with Gasteiger partial charge in [-0.05, 0) is 43.7 Å². The van der Waals surface area contributed by atoms with Crippen molar-refractivity contribution < 1.29 is 56.4 Å². The molecule has 4 N–H and O–H groups in total. The maximum absolute atomic E-state index is 14.7. The van der Waals surface area contributed by atoms with Crippen molar-refractivity contribution in [1.29, 1.82) is 0 Å². The van der Waals surface area contributed by atoms with E-state index in [0.29, 0.717) is 48.7 Å². The molecule has 8 rings (SSSR count). The Balaban J connectivity index is 0.000000211. The van der Waals surface area contributed by atoms with Crippen LogP contribution in [0.15, 0.2) is 121 Å². The van der Waals surface area contributed by atoms with Gasteiger partial charge in [-0.15, -0.1) is 22.7 Å². The predicted molar refractivity (Wildman–Crippen MR) is 265 cm³/mol. The minimum Gasteiger partial charge on any atom is -0.478 e. The maximum Gasteiger partial charge on any atom is 0.338 e. The number of carboxylic acids is 2. The second-order valence-electron chi connectivity index (χ2n) is 16.4. The van der Waals surface area contributed by atoms with Crippen LogP contribution in [-0.4, -0.2) is 130 Å². The van der Waals surface area contributed by atoms with Crippen LogP contribution in [0.1, 0.15) is 47.1 Å². The van der Waals surface area contributed by atoms with E-state index in [1.807, 2.05) is 0 Å². The van der Waals surface area contributed by atoms with Crippen molar-refractivity contribution in [3.8, 4) is 0 Å². The number of thiazole rings is 2. The Kier molecular flexibility index (Phi) is 18.3. The fourth-order valence-electron chi connectivity index (χ4n) is 8.35. The van der Waals surface area contributed by atoms with Gasteiger partial charge in [0.25, 0.3) is 0 Å². The van der Waals surface area contributed by atoms with Gasteiger partial charge in [0.1, 0.15) is 36.1 Å². The minimum absolute atomic E-state index is 0.0433. The fourth-order valence-corrected chi connectivity index (χ4v) is 10.4. The van der Waals surface area contributed by atoms with E-state index >= 15 is 0 Å². The summed E-state index contributed by atoms with van der Waals surface area (Å²) >= 11 is 12.4. The summed E-state index contributed by atoms with van der Waals surface area (Å²) < 4.78 is 68.1. The number of ether oxygens (including phenoxy) is 2. The first-order valence-electron chi connectivity index (χ1n) is 22.3. The Labute approximate surface area is 431 Å². The number of nitrogens with zero attached hydrogens (tertiary/aromatic N) is 6. The van der Waals surface area contributed by atoms with Gasteiger partial charge in [-0.3, -0.25) is 19.8 Å². The number of hydrogen-bond donors (Lipinski definition) is 4. The molecule has 4 aliphatic heterocycles. The molecular formula is C48H46BrClF4N8O8S2. The number of halogens is 6. The number of carbonyl (C=O) groups is 4. The highest BCUT2D eigenvalue weighted by Gasteiger charge is 2.39. The van der Waals surface area contributed by atoms with Gasteiger partial charge in [-0.1, -0.05) is 51.8 Å². The van der Waals surface area contributed by atoms with Crippen molar-refractivity contribution in [2.45, 2.75) is 38.3 Å². The number of alkyl halides is 2. The molecule has 6 atom stereocenters. The van der Waals surface area contributed by atoms with Crippen LogP contribution in [0.5, 0.6) is 0 Å². The summed E-state index contributed by atoms with van der Waals surface area (Å²) in [5, 5.41) is 28.9. The van der Waals surface area contributed by atoms with Crippen molar-refractivity contribution in [2.75, 3.05) is 52.5 Å².